The molecule has 0 aromatic heterocycles. The van der Waals surface area contributed by atoms with Crippen molar-refractivity contribution < 1.29 is 10.0 Å². The number of benzene rings is 2. The average molecular weight is 300 g/mol. The van der Waals surface area contributed by atoms with Gasteiger partial charge in [0.1, 0.15) is 0 Å². The largest absolute Gasteiger partial charge is 0.396 e. The van der Waals surface area contributed by atoms with Gasteiger partial charge in [0, 0.05) is 30.8 Å². The minimum atomic E-state index is -0.359. The van der Waals surface area contributed by atoms with Crippen LogP contribution < -0.4 is 5.32 Å². The molecule has 0 bridgehead atoms. The fourth-order valence-corrected chi connectivity index (χ4v) is 2.44. The van der Waals surface area contributed by atoms with Crippen LogP contribution in [0.25, 0.3) is 0 Å². The van der Waals surface area contributed by atoms with Crippen LogP contribution in [-0.2, 0) is 6.54 Å². The van der Waals surface area contributed by atoms with Crippen molar-refractivity contribution in [2.24, 2.45) is 0 Å². The molecule has 0 heterocycles. The monoisotopic (exact) mass is 300 g/mol. The first kappa shape index (κ1) is 16.1. The Labute approximate surface area is 129 Å². The molecule has 0 saturated heterocycles. The van der Waals surface area contributed by atoms with Gasteiger partial charge in [-0.15, -0.1) is 0 Å². The molecule has 22 heavy (non-hydrogen) atoms. The summed E-state index contributed by atoms with van der Waals surface area (Å²) in [4.78, 5) is 10.7. The van der Waals surface area contributed by atoms with Crippen molar-refractivity contribution in [3.63, 3.8) is 0 Å². The van der Waals surface area contributed by atoms with Gasteiger partial charge >= 0.3 is 0 Å². The van der Waals surface area contributed by atoms with E-state index in [1.807, 2.05) is 30.3 Å². The minimum absolute atomic E-state index is 0.0631. The van der Waals surface area contributed by atoms with Crippen LogP contribution >= 0.6 is 0 Å². The van der Waals surface area contributed by atoms with Crippen molar-refractivity contribution in [2.45, 2.75) is 25.4 Å². The van der Waals surface area contributed by atoms with E-state index in [1.54, 1.807) is 18.2 Å². The average Bonchev–Trinajstić information content (AvgIpc) is 2.56. The van der Waals surface area contributed by atoms with Gasteiger partial charge in [0.15, 0.2) is 0 Å². The summed E-state index contributed by atoms with van der Waals surface area (Å²) in [6.45, 7) is 0.554. The van der Waals surface area contributed by atoms with Gasteiger partial charge in [-0.1, -0.05) is 48.5 Å². The molecule has 0 aliphatic heterocycles. The summed E-state index contributed by atoms with van der Waals surface area (Å²) in [5.74, 6) is 0. The van der Waals surface area contributed by atoms with Gasteiger partial charge < -0.3 is 10.4 Å². The molecule has 1 atom stereocenters. The van der Waals surface area contributed by atoms with Gasteiger partial charge in [0.25, 0.3) is 5.69 Å². The van der Waals surface area contributed by atoms with E-state index in [-0.39, 0.29) is 23.3 Å². The lowest BCUT2D eigenvalue weighted by Crippen LogP contribution is -2.21. The summed E-state index contributed by atoms with van der Waals surface area (Å²) in [6.07, 6.45) is 1.46. The first-order valence-electron chi connectivity index (χ1n) is 7.34. The zero-order chi connectivity index (χ0) is 15.8. The first-order chi connectivity index (χ1) is 10.7. The second-order valence-electron chi connectivity index (χ2n) is 5.10. The van der Waals surface area contributed by atoms with Crippen LogP contribution in [0.4, 0.5) is 5.69 Å². The SMILES string of the molecule is O=[N+]([O-])c1ccccc1CNC(CCCO)c1ccccc1. The molecule has 1 unspecified atom stereocenters. The zero-order valence-corrected chi connectivity index (χ0v) is 12.3. The van der Waals surface area contributed by atoms with Gasteiger partial charge in [-0.25, -0.2) is 0 Å². The molecule has 0 radical (unpaired) electrons. The summed E-state index contributed by atoms with van der Waals surface area (Å²) in [5.41, 5.74) is 1.91. The summed E-state index contributed by atoms with van der Waals surface area (Å²) in [5, 5.41) is 23.5. The van der Waals surface area contributed by atoms with E-state index in [9.17, 15) is 10.1 Å². The zero-order valence-electron chi connectivity index (χ0n) is 12.3. The number of aliphatic hydroxyl groups is 1. The maximum atomic E-state index is 11.1. The molecule has 0 saturated carbocycles. The molecule has 0 amide bonds. The quantitative estimate of drug-likeness (QED) is 0.580. The van der Waals surface area contributed by atoms with Crippen LogP contribution in [-0.4, -0.2) is 16.6 Å². The highest BCUT2D eigenvalue weighted by Gasteiger charge is 2.15. The summed E-state index contributed by atoms with van der Waals surface area (Å²) in [7, 11) is 0. The van der Waals surface area contributed by atoms with Crippen LogP contribution in [0.15, 0.2) is 54.6 Å². The van der Waals surface area contributed by atoms with Crippen LogP contribution in [0.2, 0.25) is 0 Å². The van der Waals surface area contributed by atoms with E-state index in [4.69, 9.17) is 5.11 Å². The highest BCUT2D eigenvalue weighted by atomic mass is 16.6. The molecule has 0 spiro atoms. The smallest absolute Gasteiger partial charge is 0.273 e. The van der Waals surface area contributed by atoms with E-state index >= 15 is 0 Å². The Hall–Kier alpha value is -2.24. The fourth-order valence-electron chi connectivity index (χ4n) is 2.44. The van der Waals surface area contributed by atoms with Crippen molar-refractivity contribution in [1.29, 1.82) is 0 Å². The number of hydrogen-bond acceptors (Lipinski definition) is 4. The lowest BCUT2D eigenvalue weighted by molar-refractivity contribution is -0.385. The molecule has 2 N–H and O–H groups in total. The summed E-state index contributed by atoms with van der Waals surface area (Å²) >= 11 is 0. The number of nitrogens with zero attached hydrogens (tertiary/aromatic N) is 1. The number of nitrogens with one attached hydrogen (secondary N) is 1. The topological polar surface area (TPSA) is 75.4 Å². The van der Waals surface area contributed by atoms with Gasteiger partial charge in [0.05, 0.1) is 4.92 Å². The first-order valence-corrected chi connectivity index (χ1v) is 7.34. The van der Waals surface area contributed by atoms with Crippen LogP contribution in [0.1, 0.15) is 30.0 Å². The highest BCUT2D eigenvalue weighted by Crippen LogP contribution is 2.22. The Morgan fingerprint density at radius 3 is 2.45 bits per heavy atom. The normalized spacial score (nSPS) is 12.0. The molecule has 0 fully saturated rings. The van der Waals surface area contributed by atoms with Gasteiger partial charge in [-0.05, 0) is 18.4 Å². The summed E-state index contributed by atoms with van der Waals surface area (Å²) in [6, 6.07) is 16.7. The van der Waals surface area contributed by atoms with Crippen LogP contribution in [0, 0.1) is 10.1 Å². The van der Waals surface area contributed by atoms with Crippen LogP contribution in [0.3, 0.4) is 0 Å². The number of nitro groups is 1. The van der Waals surface area contributed by atoms with Crippen molar-refractivity contribution in [3.05, 3.63) is 75.8 Å². The lowest BCUT2D eigenvalue weighted by Gasteiger charge is -2.19. The molecule has 0 aliphatic rings. The van der Waals surface area contributed by atoms with E-state index in [1.165, 1.54) is 6.07 Å². The predicted octanol–water partition coefficient (Wildman–Crippen LogP) is 3.20. The van der Waals surface area contributed by atoms with Crippen molar-refractivity contribution >= 4 is 5.69 Å². The third-order valence-corrected chi connectivity index (χ3v) is 3.58. The molecular formula is C17H20N2O3. The van der Waals surface area contributed by atoms with Gasteiger partial charge in [0.2, 0.25) is 0 Å². The third-order valence-electron chi connectivity index (χ3n) is 3.58. The highest BCUT2D eigenvalue weighted by molar-refractivity contribution is 5.39. The third kappa shape index (κ3) is 4.38. The second kappa shape index (κ2) is 8.26. The Bertz CT molecular complexity index is 602. The minimum Gasteiger partial charge on any atom is -0.396 e. The number of aliphatic hydroxyl groups excluding tert-OH is 1. The molecule has 2 aromatic rings. The Kier molecular flexibility index (Phi) is 6.06. The van der Waals surface area contributed by atoms with E-state index < -0.39 is 0 Å². The molecule has 116 valence electrons. The molecule has 0 aliphatic carbocycles. The maximum absolute atomic E-state index is 11.1. The fraction of sp³-hybridized carbons (Fsp3) is 0.294. The molecule has 2 rings (SSSR count). The van der Waals surface area contributed by atoms with Crippen molar-refractivity contribution in [3.8, 4) is 0 Å². The Morgan fingerprint density at radius 1 is 1.09 bits per heavy atom. The molecule has 5 nitrogen and oxygen atoms in total. The second-order valence-corrected chi connectivity index (χ2v) is 5.10. The number of hydrogen-bond donors (Lipinski definition) is 2. The molecular weight excluding hydrogens is 280 g/mol. The van der Waals surface area contributed by atoms with E-state index in [2.05, 4.69) is 5.32 Å². The van der Waals surface area contributed by atoms with E-state index in [0.717, 1.165) is 12.0 Å². The van der Waals surface area contributed by atoms with Crippen molar-refractivity contribution in [1.82, 2.24) is 5.32 Å². The molecule has 2 aromatic carbocycles. The molecule has 5 heteroatoms. The van der Waals surface area contributed by atoms with E-state index in [0.29, 0.717) is 18.5 Å². The number of nitro benzene ring substituents is 1. The Morgan fingerprint density at radius 2 is 1.77 bits per heavy atom. The lowest BCUT2D eigenvalue weighted by atomic mass is 10.0. The standard InChI is InChI=1S/C17H20N2O3/c20-12-6-10-16(14-7-2-1-3-8-14)18-13-15-9-4-5-11-17(15)19(21)22/h1-5,7-9,11,16,18,20H,6,10,12-13H2. The van der Waals surface area contributed by atoms with Gasteiger partial charge in [-0.2, -0.15) is 0 Å². The summed E-state index contributed by atoms with van der Waals surface area (Å²) < 4.78 is 0. The number of rotatable bonds is 8. The predicted molar refractivity (Wildman–Crippen MR) is 85.4 cm³/mol. The number of para-hydroxylation sites is 1. The van der Waals surface area contributed by atoms with Gasteiger partial charge in [-0.3, -0.25) is 10.1 Å². The Balaban J connectivity index is 2.10. The van der Waals surface area contributed by atoms with Crippen LogP contribution in [0.5, 0.6) is 0 Å². The maximum Gasteiger partial charge on any atom is 0.273 e. The van der Waals surface area contributed by atoms with Crippen molar-refractivity contribution in [2.75, 3.05) is 6.61 Å².